The number of nitrogens with zero attached hydrogens (tertiary/aromatic N) is 1. The first-order valence-electron chi connectivity index (χ1n) is 4.66. The second-order valence-corrected chi connectivity index (χ2v) is 4.68. The molecule has 0 aliphatic carbocycles. The van der Waals surface area contributed by atoms with Crippen molar-refractivity contribution in [2.75, 3.05) is 20.3 Å². The predicted molar refractivity (Wildman–Crippen MR) is 65.2 cm³/mol. The Kier molecular flexibility index (Phi) is 6.17. The highest BCUT2D eigenvalue weighted by molar-refractivity contribution is 9.10. The zero-order valence-electron chi connectivity index (χ0n) is 8.54. The average Bonchev–Trinajstić information content (AvgIpc) is 2.21. The Labute approximate surface area is 103 Å². The van der Waals surface area contributed by atoms with Crippen LogP contribution in [0.3, 0.4) is 0 Å². The number of pyridine rings is 1. The maximum Gasteiger partial charge on any atom is 0.0694 e. The normalized spacial score (nSPS) is 12.7. The molecule has 15 heavy (non-hydrogen) atoms. The van der Waals surface area contributed by atoms with E-state index in [1.165, 1.54) is 0 Å². The van der Waals surface area contributed by atoms with Crippen molar-refractivity contribution in [1.82, 2.24) is 10.3 Å². The van der Waals surface area contributed by atoms with E-state index in [-0.39, 0.29) is 5.38 Å². The SMILES string of the molecule is COCC(Cl)CNCc1ccc(Br)cn1. The third-order valence-electron chi connectivity index (χ3n) is 1.81. The van der Waals surface area contributed by atoms with Gasteiger partial charge in [-0.3, -0.25) is 4.98 Å². The molecule has 0 aliphatic heterocycles. The van der Waals surface area contributed by atoms with Gasteiger partial charge in [0.05, 0.1) is 17.7 Å². The molecular formula is C10H14BrClN2O. The predicted octanol–water partition coefficient (Wildman–Crippen LogP) is 2.19. The lowest BCUT2D eigenvalue weighted by Gasteiger charge is -2.09. The lowest BCUT2D eigenvalue weighted by atomic mass is 10.3. The molecular weight excluding hydrogens is 279 g/mol. The van der Waals surface area contributed by atoms with Crippen LogP contribution in [0, 0.1) is 0 Å². The Morgan fingerprint density at radius 2 is 2.40 bits per heavy atom. The Hall–Kier alpha value is -0.160. The minimum atomic E-state index is 0.00504. The first-order chi connectivity index (χ1) is 7.22. The molecule has 1 rings (SSSR count). The van der Waals surface area contributed by atoms with Crippen molar-refractivity contribution in [3.63, 3.8) is 0 Å². The minimum absolute atomic E-state index is 0.00504. The van der Waals surface area contributed by atoms with Crippen LogP contribution in [0.4, 0.5) is 0 Å². The number of ether oxygens (including phenoxy) is 1. The van der Waals surface area contributed by atoms with Crippen LogP contribution in [0.2, 0.25) is 0 Å². The molecule has 0 saturated carbocycles. The van der Waals surface area contributed by atoms with Crippen molar-refractivity contribution in [3.05, 3.63) is 28.5 Å². The van der Waals surface area contributed by atoms with Gasteiger partial charge in [0.2, 0.25) is 0 Å². The largest absolute Gasteiger partial charge is 0.383 e. The summed E-state index contributed by atoms with van der Waals surface area (Å²) in [5.41, 5.74) is 1.000. The fourth-order valence-electron chi connectivity index (χ4n) is 1.11. The van der Waals surface area contributed by atoms with Crippen molar-refractivity contribution in [2.45, 2.75) is 11.9 Å². The number of alkyl halides is 1. The maximum atomic E-state index is 5.96. The third kappa shape index (κ3) is 5.47. The van der Waals surface area contributed by atoms with Crippen LogP contribution in [0.15, 0.2) is 22.8 Å². The lowest BCUT2D eigenvalue weighted by Crippen LogP contribution is -2.26. The van der Waals surface area contributed by atoms with E-state index < -0.39 is 0 Å². The highest BCUT2D eigenvalue weighted by Gasteiger charge is 2.02. The molecule has 1 aromatic heterocycles. The number of halogens is 2. The molecule has 0 amide bonds. The summed E-state index contributed by atoms with van der Waals surface area (Å²) in [4.78, 5) is 4.24. The van der Waals surface area contributed by atoms with Crippen molar-refractivity contribution in [1.29, 1.82) is 0 Å². The number of rotatable bonds is 6. The summed E-state index contributed by atoms with van der Waals surface area (Å²) in [7, 11) is 1.64. The molecule has 0 radical (unpaired) electrons. The minimum Gasteiger partial charge on any atom is -0.383 e. The van der Waals surface area contributed by atoms with E-state index in [1.54, 1.807) is 13.3 Å². The summed E-state index contributed by atoms with van der Waals surface area (Å²) in [5.74, 6) is 0. The van der Waals surface area contributed by atoms with Gasteiger partial charge in [0.25, 0.3) is 0 Å². The van der Waals surface area contributed by atoms with Crippen LogP contribution < -0.4 is 5.32 Å². The van der Waals surface area contributed by atoms with E-state index in [1.807, 2.05) is 12.1 Å². The molecule has 0 aromatic carbocycles. The number of hydrogen-bond donors (Lipinski definition) is 1. The number of aromatic nitrogens is 1. The Morgan fingerprint density at radius 1 is 1.60 bits per heavy atom. The molecule has 1 unspecified atom stereocenters. The number of hydrogen-bond acceptors (Lipinski definition) is 3. The molecule has 0 aliphatic rings. The summed E-state index contributed by atoms with van der Waals surface area (Å²) in [5, 5.41) is 3.22. The molecule has 1 heterocycles. The van der Waals surface area contributed by atoms with Crippen molar-refractivity contribution in [3.8, 4) is 0 Å². The summed E-state index contributed by atoms with van der Waals surface area (Å²) in [6.45, 7) is 2.00. The van der Waals surface area contributed by atoms with Gasteiger partial charge in [-0.05, 0) is 28.1 Å². The van der Waals surface area contributed by atoms with Gasteiger partial charge < -0.3 is 10.1 Å². The van der Waals surface area contributed by atoms with Crippen LogP contribution in [0.25, 0.3) is 0 Å². The van der Waals surface area contributed by atoms with Gasteiger partial charge in [0.15, 0.2) is 0 Å². The zero-order chi connectivity index (χ0) is 11.1. The topological polar surface area (TPSA) is 34.1 Å². The molecule has 0 spiro atoms. The summed E-state index contributed by atoms with van der Waals surface area (Å²) in [6.07, 6.45) is 1.78. The third-order valence-corrected chi connectivity index (χ3v) is 2.56. The van der Waals surface area contributed by atoms with Gasteiger partial charge in [-0.2, -0.15) is 0 Å². The van der Waals surface area contributed by atoms with Crippen LogP contribution in [0.1, 0.15) is 5.69 Å². The van der Waals surface area contributed by atoms with E-state index >= 15 is 0 Å². The molecule has 1 N–H and O–H groups in total. The monoisotopic (exact) mass is 292 g/mol. The van der Waals surface area contributed by atoms with Crippen molar-refractivity contribution in [2.24, 2.45) is 0 Å². The number of methoxy groups -OCH3 is 1. The maximum absolute atomic E-state index is 5.96. The van der Waals surface area contributed by atoms with E-state index in [4.69, 9.17) is 16.3 Å². The Bertz CT molecular complexity index is 281. The second kappa shape index (κ2) is 7.17. The molecule has 1 atom stereocenters. The van der Waals surface area contributed by atoms with Gasteiger partial charge in [0.1, 0.15) is 0 Å². The molecule has 5 heteroatoms. The summed E-state index contributed by atoms with van der Waals surface area (Å²) >= 11 is 9.29. The summed E-state index contributed by atoms with van der Waals surface area (Å²) < 4.78 is 5.92. The Balaban J connectivity index is 2.22. The first-order valence-corrected chi connectivity index (χ1v) is 5.89. The van der Waals surface area contributed by atoms with Gasteiger partial charge in [0, 0.05) is 30.9 Å². The lowest BCUT2D eigenvalue weighted by molar-refractivity contribution is 0.197. The van der Waals surface area contributed by atoms with E-state index in [0.717, 1.165) is 16.7 Å². The highest BCUT2D eigenvalue weighted by Crippen LogP contribution is 2.07. The van der Waals surface area contributed by atoms with Gasteiger partial charge in [-0.25, -0.2) is 0 Å². The van der Waals surface area contributed by atoms with Gasteiger partial charge in [-0.1, -0.05) is 0 Å². The smallest absolute Gasteiger partial charge is 0.0694 e. The molecule has 0 fully saturated rings. The van der Waals surface area contributed by atoms with E-state index in [0.29, 0.717) is 13.2 Å². The zero-order valence-corrected chi connectivity index (χ0v) is 10.9. The molecule has 1 aromatic rings. The van der Waals surface area contributed by atoms with Crippen LogP contribution >= 0.6 is 27.5 Å². The fourth-order valence-corrected chi connectivity index (χ4v) is 1.58. The van der Waals surface area contributed by atoms with Gasteiger partial charge in [-0.15, -0.1) is 11.6 Å². The highest BCUT2D eigenvalue weighted by atomic mass is 79.9. The standard InChI is InChI=1S/C10H14BrClN2O/c1-15-7-9(12)5-13-6-10-3-2-8(11)4-14-10/h2-4,9,13H,5-7H2,1H3. The Morgan fingerprint density at radius 3 is 3.00 bits per heavy atom. The van der Waals surface area contributed by atoms with E-state index in [9.17, 15) is 0 Å². The second-order valence-electron chi connectivity index (χ2n) is 3.15. The molecule has 0 bridgehead atoms. The van der Waals surface area contributed by atoms with Crippen molar-refractivity contribution >= 4 is 27.5 Å². The fraction of sp³-hybridized carbons (Fsp3) is 0.500. The molecule has 84 valence electrons. The van der Waals surface area contributed by atoms with Crippen LogP contribution in [-0.2, 0) is 11.3 Å². The van der Waals surface area contributed by atoms with Gasteiger partial charge >= 0.3 is 0 Å². The van der Waals surface area contributed by atoms with E-state index in [2.05, 4.69) is 26.2 Å². The summed E-state index contributed by atoms with van der Waals surface area (Å²) in [6, 6.07) is 3.94. The molecule has 3 nitrogen and oxygen atoms in total. The van der Waals surface area contributed by atoms with Crippen LogP contribution in [-0.4, -0.2) is 30.6 Å². The molecule has 0 saturated heterocycles. The quantitative estimate of drug-likeness (QED) is 0.817. The number of nitrogens with one attached hydrogen (secondary N) is 1. The van der Waals surface area contributed by atoms with Crippen LogP contribution in [0.5, 0.6) is 0 Å². The average molecular weight is 294 g/mol. The first kappa shape index (κ1) is 12.9. The van der Waals surface area contributed by atoms with Crippen molar-refractivity contribution < 1.29 is 4.74 Å².